The minimum absolute atomic E-state index is 0.0798. The molecule has 2 aromatic rings. The molecule has 1 saturated heterocycles. The van der Waals surface area contributed by atoms with Crippen LogP contribution in [-0.4, -0.2) is 41.0 Å². The first-order chi connectivity index (χ1) is 12.2. The molecule has 0 atom stereocenters. The van der Waals surface area contributed by atoms with Gasteiger partial charge in [0.1, 0.15) is 10.0 Å². The topological polar surface area (TPSA) is 76.6 Å². The van der Waals surface area contributed by atoms with Crippen LogP contribution in [0.3, 0.4) is 0 Å². The lowest BCUT2D eigenvalue weighted by Gasteiger charge is -2.31. The van der Waals surface area contributed by atoms with Gasteiger partial charge >= 0.3 is 6.03 Å². The summed E-state index contributed by atoms with van der Waals surface area (Å²) in [4.78, 5) is 14.3. The Labute approximate surface area is 150 Å². The van der Waals surface area contributed by atoms with Crippen LogP contribution in [0.1, 0.15) is 35.7 Å². The number of hydrogen-bond acceptors (Lipinski definition) is 6. The van der Waals surface area contributed by atoms with Crippen LogP contribution in [-0.2, 0) is 6.42 Å². The number of carbonyl (C=O) groups excluding carboxylic acids is 1. The molecule has 2 amide bonds. The number of piperidine rings is 1. The number of nitrogens with zero attached hydrogens (tertiary/aromatic N) is 3. The van der Waals surface area contributed by atoms with Gasteiger partial charge in [-0.1, -0.05) is 6.92 Å². The Morgan fingerprint density at radius 2 is 2.08 bits per heavy atom. The predicted molar refractivity (Wildman–Crippen MR) is 94.4 cm³/mol. The molecule has 2 aliphatic rings. The van der Waals surface area contributed by atoms with Crippen molar-refractivity contribution in [1.29, 1.82) is 0 Å². The molecular weight excluding hydrogens is 340 g/mol. The normalized spacial score (nSPS) is 16.9. The van der Waals surface area contributed by atoms with E-state index in [0.29, 0.717) is 23.1 Å². The summed E-state index contributed by atoms with van der Waals surface area (Å²) in [5.74, 6) is 1.79. The maximum Gasteiger partial charge on any atom is 0.321 e. The molecule has 1 fully saturated rings. The molecule has 7 nitrogen and oxygen atoms in total. The van der Waals surface area contributed by atoms with E-state index in [1.54, 1.807) is 17.4 Å². The molecule has 1 N–H and O–H groups in total. The predicted octanol–water partition coefficient (Wildman–Crippen LogP) is 3.24. The average molecular weight is 360 g/mol. The highest BCUT2D eigenvalue weighted by Crippen LogP contribution is 2.34. The first-order valence-electron chi connectivity index (χ1n) is 8.51. The molecule has 0 aliphatic carbocycles. The van der Waals surface area contributed by atoms with Crippen molar-refractivity contribution in [3.05, 3.63) is 28.2 Å². The van der Waals surface area contributed by atoms with Crippen molar-refractivity contribution in [2.45, 2.75) is 32.1 Å². The van der Waals surface area contributed by atoms with Crippen LogP contribution >= 0.6 is 11.3 Å². The van der Waals surface area contributed by atoms with Crippen molar-refractivity contribution in [3.63, 3.8) is 0 Å². The Kier molecular flexibility index (Phi) is 4.44. The third-order valence-electron chi connectivity index (χ3n) is 4.54. The smallest absolute Gasteiger partial charge is 0.321 e. The number of fused-ring (bicyclic) bond motifs is 1. The number of urea groups is 1. The Hall–Kier alpha value is -2.35. The van der Waals surface area contributed by atoms with Gasteiger partial charge < -0.3 is 19.7 Å². The molecule has 0 bridgehead atoms. The fourth-order valence-electron chi connectivity index (χ4n) is 3.08. The van der Waals surface area contributed by atoms with E-state index in [9.17, 15) is 4.79 Å². The van der Waals surface area contributed by atoms with E-state index in [-0.39, 0.29) is 12.8 Å². The summed E-state index contributed by atoms with van der Waals surface area (Å²) in [5, 5.41) is 13.6. The first-order valence-corrected chi connectivity index (χ1v) is 9.32. The summed E-state index contributed by atoms with van der Waals surface area (Å²) < 4.78 is 10.6. The monoisotopic (exact) mass is 360 g/mol. The molecule has 4 rings (SSSR count). The van der Waals surface area contributed by atoms with Gasteiger partial charge in [-0.25, -0.2) is 4.79 Å². The lowest BCUT2D eigenvalue weighted by Crippen LogP contribution is -2.40. The summed E-state index contributed by atoms with van der Waals surface area (Å²) in [6.45, 7) is 3.77. The number of ether oxygens (including phenoxy) is 2. The third-order valence-corrected chi connectivity index (χ3v) is 5.77. The molecule has 1 aromatic carbocycles. The SMILES string of the molecule is CCc1nnc(C2CCN(C(=O)Nc3ccc4c(c3)OCO4)CC2)s1. The van der Waals surface area contributed by atoms with Gasteiger partial charge in [0, 0.05) is 30.8 Å². The second-order valence-corrected chi connectivity index (χ2v) is 7.24. The Morgan fingerprint density at radius 3 is 2.84 bits per heavy atom. The molecule has 0 spiro atoms. The molecule has 2 aliphatic heterocycles. The van der Waals surface area contributed by atoms with Crippen LogP contribution in [0.4, 0.5) is 10.5 Å². The highest BCUT2D eigenvalue weighted by molar-refractivity contribution is 7.11. The van der Waals surface area contributed by atoms with E-state index in [0.717, 1.165) is 42.4 Å². The molecule has 132 valence electrons. The lowest BCUT2D eigenvalue weighted by atomic mass is 9.98. The standard InChI is InChI=1S/C17H20N4O3S/c1-2-15-19-20-16(25-15)11-5-7-21(8-6-11)17(22)18-12-3-4-13-14(9-12)24-10-23-13/h3-4,9,11H,2,5-8,10H2,1H3,(H,18,22). The van der Waals surface area contributed by atoms with Crippen molar-refractivity contribution in [1.82, 2.24) is 15.1 Å². The maximum absolute atomic E-state index is 12.5. The molecule has 8 heteroatoms. The van der Waals surface area contributed by atoms with Crippen LogP contribution in [0.5, 0.6) is 11.5 Å². The molecule has 0 saturated carbocycles. The number of carbonyl (C=O) groups is 1. The molecule has 0 radical (unpaired) electrons. The van der Waals surface area contributed by atoms with Crippen molar-refractivity contribution in [2.24, 2.45) is 0 Å². The number of aryl methyl sites for hydroxylation is 1. The van der Waals surface area contributed by atoms with Gasteiger partial charge in [-0.3, -0.25) is 0 Å². The number of benzene rings is 1. The highest BCUT2D eigenvalue weighted by atomic mass is 32.1. The molecule has 0 unspecified atom stereocenters. The number of hydrogen-bond donors (Lipinski definition) is 1. The number of rotatable bonds is 3. The van der Waals surface area contributed by atoms with Crippen LogP contribution in [0.25, 0.3) is 0 Å². The Bertz CT molecular complexity index is 771. The van der Waals surface area contributed by atoms with Crippen molar-refractivity contribution in [3.8, 4) is 11.5 Å². The fourth-order valence-corrected chi connectivity index (χ4v) is 4.03. The molecule has 25 heavy (non-hydrogen) atoms. The number of aromatic nitrogens is 2. The summed E-state index contributed by atoms with van der Waals surface area (Å²) >= 11 is 1.70. The van der Waals surface area contributed by atoms with Gasteiger partial charge in [0.25, 0.3) is 0 Å². The van der Waals surface area contributed by atoms with Gasteiger partial charge in [-0.2, -0.15) is 0 Å². The van der Waals surface area contributed by atoms with Crippen LogP contribution < -0.4 is 14.8 Å². The van der Waals surface area contributed by atoms with Crippen LogP contribution in [0.2, 0.25) is 0 Å². The highest BCUT2D eigenvalue weighted by Gasteiger charge is 2.26. The summed E-state index contributed by atoms with van der Waals surface area (Å²) in [7, 11) is 0. The summed E-state index contributed by atoms with van der Waals surface area (Å²) in [5.41, 5.74) is 0.716. The average Bonchev–Trinajstić information content (AvgIpc) is 3.30. The van der Waals surface area contributed by atoms with E-state index in [1.165, 1.54) is 0 Å². The van der Waals surface area contributed by atoms with Crippen LogP contribution in [0, 0.1) is 0 Å². The summed E-state index contributed by atoms with van der Waals surface area (Å²) in [6, 6.07) is 5.35. The second-order valence-electron chi connectivity index (χ2n) is 6.15. The second kappa shape index (κ2) is 6.87. The van der Waals surface area contributed by atoms with Crippen molar-refractivity contribution >= 4 is 23.1 Å². The zero-order valence-electron chi connectivity index (χ0n) is 14.0. The van der Waals surface area contributed by atoms with Crippen LogP contribution in [0.15, 0.2) is 18.2 Å². The molecule has 1 aromatic heterocycles. The number of likely N-dealkylation sites (tertiary alicyclic amines) is 1. The van der Waals surface area contributed by atoms with Gasteiger partial charge in [0.2, 0.25) is 6.79 Å². The van der Waals surface area contributed by atoms with Crippen molar-refractivity contribution < 1.29 is 14.3 Å². The summed E-state index contributed by atoms with van der Waals surface area (Å²) in [6.07, 6.45) is 2.77. The first kappa shape index (κ1) is 16.1. The van der Waals surface area contributed by atoms with Gasteiger partial charge in [-0.15, -0.1) is 21.5 Å². The molecular formula is C17H20N4O3S. The Balaban J connectivity index is 1.33. The lowest BCUT2D eigenvalue weighted by molar-refractivity contribution is 0.174. The van der Waals surface area contributed by atoms with E-state index in [1.807, 2.05) is 17.0 Å². The van der Waals surface area contributed by atoms with Gasteiger partial charge in [0.05, 0.1) is 0 Å². The van der Waals surface area contributed by atoms with Gasteiger partial charge in [0.15, 0.2) is 11.5 Å². The minimum atomic E-state index is -0.0798. The minimum Gasteiger partial charge on any atom is -0.454 e. The quantitative estimate of drug-likeness (QED) is 0.909. The van der Waals surface area contributed by atoms with Gasteiger partial charge in [-0.05, 0) is 31.4 Å². The number of amides is 2. The largest absolute Gasteiger partial charge is 0.454 e. The fraction of sp³-hybridized carbons (Fsp3) is 0.471. The van der Waals surface area contributed by atoms with E-state index in [2.05, 4.69) is 22.4 Å². The zero-order chi connectivity index (χ0) is 17.2. The third kappa shape index (κ3) is 3.39. The van der Waals surface area contributed by atoms with E-state index in [4.69, 9.17) is 9.47 Å². The number of nitrogens with one attached hydrogen (secondary N) is 1. The maximum atomic E-state index is 12.5. The molecule has 3 heterocycles. The number of anilines is 1. The zero-order valence-corrected chi connectivity index (χ0v) is 14.8. The Morgan fingerprint density at radius 1 is 1.28 bits per heavy atom. The van der Waals surface area contributed by atoms with Crippen molar-refractivity contribution in [2.75, 3.05) is 25.2 Å². The van der Waals surface area contributed by atoms with E-state index >= 15 is 0 Å². The van der Waals surface area contributed by atoms with E-state index < -0.39 is 0 Å².